The summed E-state index contributed by atoms with van der Waals surface area (Å²) in [5, 5.41) is 3.66. The molecule has 0 bridgehead atoms. The van der Waals surface area contributed by atoms with Crippen LogP contribution in [0.2, 0.25) is 0 Å². The summed E-state index contributed by atoms with van der Waals surface area (Å²) in [5.41, 5.74) is 0. The molecule has 0 saturated carbocycles. The highest BCUT2D eigenvalue weighted by atomic mass is 16.5. The van der Waals surface area contributed by atoms with Crippen molar-refractivity contribution in [1.82, 2.24) is 10.2 Å². The van der Waals surface area contributed by atoms with Crippen molar-refractivity contribution in [2.45, 2.75) is 58.0 Å². The predicted molar refractivity (Wildman–Crippen MR) is 75.9 cm³/mol. The van der Waals surface area contributed by atoms with Crippen LogP contribution in [0, 0.1) is 5.92 Å². The summed E-state index contributed by atoms with van der Waals surface area (Å²) in [6.07, 6.45) is 6.38. The van der Waals surface area contributed by atoms with Crippen molar-refractivity contribution in [3.63, 3.8) is 0 Å². The SMILES string of the molecule is CCC1CCN(C(C)C2CCOCC2)CCCN1. The average Bonchev–Trinajstić information content (AvgIpc) is 2.39. The molecule has 2 rings (SSSR count). The van der Waals surface area contributed by atoms with Gasteiger partial charge in [-0.3, -0.25) is 0 Å². The van der Waals surface area contributed by atoms with Gasteiger partial charge in [0.1, 0.15) is 0 Å². The number of nitrogens with zero attached hydrogens (tertiary/aromatic N) is 1. The van der Waals surface area contributed by atoms with Crippen molar-refractivity contribution in [3.8, 4) is 0 Å². The van der Waals surface area contributed by atoms with E-state index >= 15 is 0 Å². The first-order chi connectivity index (χ1) is 8.81. The van der Waals surface area contributed by atoms with Gasteiger partial charge in [0.05, 0.1) is 0 Å². The standard InChI is InChI=1S/C15H30N2O/c1-3-15-5-10-17(9-4-8-16-15)13(2)14-6-11-18-12-7-14/h13-16H,3-12H2,1-2H3. The Morgan fingerprint density at radius 3 is 2.72 bits per heavy atom. The third kappa shape index (κ3) is 3.94. The Morgan fingerprint density at radius 2 is 2.00 bits per heavy atom. The van der Waals surface area contributed by atoms with Crippen LogP contribution in [-0.2, 0) is 4.74 Å². The monoisotopic (exact) mass is 254 g/mol. The minimum atomic E-state index is 0.731. The molecule has 0 amide bonds. The third-order valence-corrected chi connectivity index (χ3v) is 4.84. The van der Waals surface area contributed by atoms with Crippen LogP contribution in [-0.4, -0.2) is 49.8 Å². The Labute approximate surface area is 112 Å². The number of rotatable bonds is 3. The van der Waals surface area contributed by atoms with Crippen LogP contribution in [0.3, 0.4) is 0 Å². The lowest BCUT2D eigenvalue weighted by Gasteiger charge is -2.38. The molecule has 2 aliphatic rings. The molecule has 0 aromatic rings. The van der Waals surface area contributed by atoms with Gasteiger partial charge in [0, 0.05) is 25.3 Å². The lowest BCUT2D eigenvalue weighted by Crippen LogP contribution is -2.46. The van der Waals surface area contributed by atoms with Crippen LogP contribution in [0.1, 0.15) is 46.0 Å². The molecule has 0 aromatic heterocycles. The van der Waals surface area contributed by atoms with Gasteiger partial charge in [-0.15, -0.1) is 0 Å². The van der Waals surface area contributed by atoms with Crippen molar-refractivity contribution in [2.75, 3.05) is 32.8 Å². The first-order valence-electron chi connectivity index (χ1n) is 7.86. The van der Waals surface area contributed by atoms with Gasteiger partial charge in [0.25, 0.3) is 0 Å². The molecule has 1 N–H and O–H groups in total. The highest BCUT2D eigenvalue weighted by molar-refractivity contribution is 4.81. The van der Waals surface area contributed by atoms with Crippen LogP contribution in [0.25, 0.3) is 0 Å². The molecule has 18 heavy (non-hydrogen) atoms. The normalized spacial score (nSPS) is 30.7. The van der Waals surface area contributed by atoms with Crippen molar-refractivity contribution >= 4 is 0 Å². The minimum absolute atomic E-state index is 0.731. The topological polar surface area (TPSA) is 24.5 Å². The Kier molecular flexibility index (Phi) is 5.93. The van der Waals surface area contributed by atoms with Gasteiger partial charge >= 0.3 is 0 Å². The van der Waals surface area contributed by atoms with E-state index < -0.39 is 0 Å². The molecule has 3 heteroatoms. The zero-order valence-corrected chi connectivity index (χ0v) is 12.2. The molecule has 2 aliphatic heterocycles. The van der Waals surface area contributed by atoms with E-state index in [0.717, 1.165) is 31.2 Å². The molecular weight excluding hydrogens is 224 g/mol. The highest BCUT2D eigenvalue weighted by Gasteiger charge is 2.26. The molecule has 0 aromatic carbocycles. The van der Waals surface area contributed by atoms with E-state index in [1.165, 1.54) is 51.7 Å². The van der Waals surface area contributed by atoms with Crippen molar-refractivity contribution < 1.29 is 4.74 Å². The van der Waals surface area contributed by atoms with Crippen LogP contribution in [0.15, 0.2) is 0 Å². The van der Waals surface area contributed by atoms with Gasteiger partial charge < -0.3 is 15.0 Å². The summed E-state index contributed by atoms with van der Waals surface area (Å²) in [6.45, 7) is 10.4. The summed E-state index contributed by atoms with van der Waals surface area (Å²) in [5.74, 6) is 0.853. The lowest BCUT2D eigenvalue weighted by atomic mass is 9.91. The van der Waals surface area contributed by atoms with Gasteiger partial charge in [-0.25, -0.2) is 0 Å². The lowest BCUT2D eigenvalue weighted by molar-refractivity contribution is 0.0275. The number of ether oxygens (including phenoxy) is 1. The fourth-order valence-corrected chi connectivity index (χ4v) is 3.38. The fourth-order valence-electron chi connectivity index (χ4n) is 3.38. The van der Waals surface area contributed by atoms with Crippen LogP contribution >= 0.6 is 0 Å². The maximum Gasteiger partial charge on any atom is 0.0469 e. The fraction of sp³-hybridized carbons (Fsp3) is 1.00. The maximum absolute atomic E-state index is 5.49. The van der Waals surface area contributed by atoms with E-state index in [2.05, 4.69) is 24.1 Å². The molecule has 3 nitrogen and oxygen atoms in total. The molecule has 0 aliphatic carbocycles. The summed E-state index contributed by atoms with van der Waals surface area (Å²) < 4.78 is 5.49. The predicted octanol–water partition coefficient (Wildman–Crippen LogP) is 2.27. The Bertz CT molecular complexity index is 229. The van der Waals surface area contributed by atoms with Crippen LogP contribution < -0.4 is 5.32 Å². The first-order valence-corrected chi connectivity index (χ1v) is 7.86. The third-order valence-electron chi connectivity index (χ3n) is 4.84. The van der Waals surface area contributed by atoms with Crippen molar-refractivity contribution in [3.05, 3.63) is 0 Å². The zero-order valence-electron chi connectivity index (χ0n) is 12.2. The quantitative estimate of drug-likeness (QED) is 0.836. The second kappa shape index (κ2) is 7.46. The van der Waals surface area contributed by atoms with Gasteiger partial charge in [0.15, 0.2) is 0 Å². The van der Waals surface area contributed by atoms with Gasteiger partial charge in [0.2, 0.25) is 0 Å². The number of hydrogen-bond acceptors (Lipinski definition) is 3. The maximum atomic E-state index is 5.49. The van der Waals surface area contributed by atoms with E-state index in [1.807, 2.05) is 0 Å². The Morgan fingerprint density at radius 1 is 1.22 bits per heavy atom. The molecule has 0 spiro atoms. The Balaban J connectivity index is 1.84. The average molecular weight is 254 g/mol. The number of nitrogens with one attached hydrogen (secondary N) is 1. The van der Waals surface area contributed by atoms with Gasteiger partial charge in [-0.05, 0) is 64.6 Å². The minimum Gasteiger partial charge on any atom is -0.381 e. The molecular formula is C15H30N2O. The second-order valence-electron chi connectivity index (χ2n) is 5.93. The van der Waals surface area contributed by atoms with Crippen LogP contribution in [0.5, 0.6) is 0 Å². The summed E-state index contributed by atoms with van der Waals surface area (Å²) in [7, 11) is 0. The van der Waals surface area contributed by atoms with E-state index in [4.69, 9.17) is 4.74 Å². The molecule has 106 valence electrons. The zero-order chi connectivity index (χ0) is 12.8. The molecule has 2 unspecified atom stereocenters. The van der Waals surface area contributed by atoms with Gasteiger partial charge in [-0.1, -0.05) is 6.92 Å². The van der Waals surface area contributed by atoms with Crippen molar-refractivity contribution in [1.29, 1.82) is 0 Å². The summed E-state index contributed by atoms with van der Waals surface area (Å²) in [4.78, 5) is 2.74. The molecule has 2 fully saturated rings. The Hall–Kier alpha value is -0.120. The largest absolute Gasteiger partial charge is 0.381 e. The van der Waals surface area contributed by atoms with Gasteiger partial charge in [-0.2, -0.15) is 0 Å². The number of hydrogen-bond donors (Lipinski definition) is 1. The molecule has 0 radical (unpaired) electrons. The van der Waals surface area contributed by atoms with E-state index in [1.54, 1.807) is 0 Å². The second-order valence-corrected chi connectivity index (χ2v) is 5.93. The highest BCUT2D eigenvalue weighted by Crippen LogP contribution is 2.23. The first kappa shape index (κ1) is 14.3. The molecule has 2 heterocycles. The molecule has 2 saturated heterocycles. The molecule has 2 atom stereocenters. The van der Waals surface area contributed by atoms with E-state index in [0.29, 0.717) is 0 Å². The summed E-state index contributed by atoms with van der Waals surface area (Å²) >= 11 is 0. The summed E-state index contributed by atoms with van der Waals surface area (Å²) in [6, 6.07) is 1.47. The van der Waals surface area contributed by atoms with E-state index in [-0.39, 0.29) is 0 Å². The van der Waals surface area contributed by atoms with Crippen molar-refractivity contribution in [2.24, 2.45) is 5.92 Å². The smallest absolute Gasteiger partial charge is 0.0469 e. The van der Waals surface area contributed by atoms with E-state index in [9.17, 15) is 0 Å². The van der Waals surface area contributed by atoms with Crippen LogP contribution in [0.4, 0.5) is 0 Å².